The molecular formula is C11H18N2O3S. The van der Waals surface area contributed by atoms with Gasteiger partial charge in [-0.3, -0.25) is 9.28 Å². The highest BCUT2D eigenvalue weighted by atomic mass is 32.2. The Bertz CT molecular complexity index is 479. The van der Waals surface area contributed by atoms with Crippen molar-refractivity contribution in [3.05, 3.63) is 17.0 Å². The molecule has 0 aromatic carbocycles. The van der Waals surface area contributed by atoms with E-state index in [0.29, 0.717) is 6.42 Å². The van der Waals surface area contributed by atoms with Crippen LogP contribution in [0.15, 0.2) is 0 Å². The number of rotatable bonds is 5. The van der Waals surface area contributed by atoms with Gasteiger partial charge in [0.25, 0.3) is 10.1 Å². The number of H-pyrrole nitrogens is 1. The van der Waals surface area contributed by atoms with Crippen LogP contribution in [0.5, 0.6) is 0 Å². The zero-order chi connectivity index (χ0) is 12.3. The second kappa shape index (κ2) is 5.18. The van der Waals surface area contributed by atoms with Crippen molar-refractivity contribution in [3.8, 4) is 0 Å². The van der Waals surface area contributed by atoms with Crippen LogP contribution in [0.1, 0.15) is 36.2 Å². The summed E-state index contributed by atoms with van der Waals surface area (Å²) in [4.78, 5) is 0. The second-order valence-corrected chi connectivity index (χ2v) is 6.11. The molecule has 2 rings (SSSR count). The van der Waals surface area contributed by atoms with Gasteiger partial charge >= 0.3 is 0 Å². The average molecular weight is 258 g/mol. The van der Waals surface area contributed by atoms with E-state index in [2.05, 4.69) is 10.2 Å². The SMILES string of the molecule is CS(=O)(=O)OCCCc1n[nH]c2c1CCCC2. The van der Waals surface area contributed by atoms with Crippen LogP contribution in [0.2, 0.25) is 0 Å². The Morgan fingerprint density at radius 3 is 2.88 bits per heavy atom. The molecule has 1 aliphatic rings. The first-order valence-electron chi connectivity index (χ1n) is 5.95. The molecule has 1 aromatic heterocycles. The molecule has 0 unspecified atom stereocenters. The minimum Gasteiger partial charge on any atom is -0.282 e. The van der Waals surface area contributed by atoms with Gasteiger partial charge in [-0.05, 0) is 44.1 Å². The molecule has 0 spiro atoms. The van der Waals surface area contributed by atoms with Gasteiger partial charge in [0.2, 0.25) is 0 Å². The third kappa shape index (κ3) is 3.54. The van der Waals surface area contributed by atoms with E-state index in [1.54, 1.807) is 0 Å². The molecule has 1 aliphatic carbocycles. The first-order chi connectivity index (χ1) is 8.06. The van der Waals surface area contributed by atoms with Crippen LogP contribution < -0.4 is 0 Å². The second-order valence-electron chi connectivity index (χ2n) is 4.46. The van der Waals surface area contributed by atoms with Crippen LogP contribution in [-0.2, 0) is 33.6 Å². The summed E-state index contributed by atoms with van der Waals surface area (Å²) in [5, 5.41) is 7.38. The topological polar surface area (TPSA) is 72.1 Å². The summed E-state index contributed by atoms with van der Waals surface area (Å²) in [6, 6.07) is 0. The van der Waals surface area contributed by atoms with Crippen molar-refractivity contribution in [2.45, 2.75) is 38.5 Å². The van der Waals surface area contributed by atoms with E-state index in [-0.39, 0.29) is 6.61 Å². The van der Waals surface area contributed by atoms with Crippen LogP contribution in [-0.4, -0.2) is 31.5 Å². The maximum Gasteiger partial charge on any atom is 0.264 e. The van der Waals surface area contributed by atoms with Crippen LogP contribution in [0.25, 0.3) is 0 Å². The quantitative estimate of drug-likeness (QED) is 0.636. The lowest BCUT2D eigenvalue weighted by Gasteiger charge is -2.10. The van der Waals surface area contributed by atoms with E-state index in [1.165, 1.54) is 24.1 Å². The van der Waals surface area contributed by atoms with Crippen LogP contribution in [0, 0.1) is 0 Å². The predicted molar refractivity (Wildman–Crippen MR) is 64.3 cm³/mol. The summed E-state index contributed by atoms with van der Waals surface area (Å²) in [5.41, 5.74) is 3.68. The first-order valence-corrected chi connectivity index (χ1v) is 7.77. The van der Waals surface area contributed by atoms with Crippen molar-refractivity contribution in [2.24, 2.45) is 0 Å². The molecule has 0 bridgehead atoms. The van der Waals surface area contributed by atoms with Gasteiger partial charge in [-0.15, -0.1) is 0 Å². The molecule has 0 fully saturated rings. The number of hydrogen-bond acceptors (Lipinski definition) is 4. The van der Waals surface area contributed by atoms with Crippen molar-refractivity contribution in [2.75, 3.05) is 12.9 Å². The van der Waals surface area contributed by atoms with Gasteiger partial charge < -0.3 is 0 Å². The molecule has 0 aliphatic heterocycles. The van der Waals surface area contributed by atoms with Crippen molar-refractivity contribution < 1.29 is 12.6 Å². The van der Waals surface area contributed by atoms with Crippen molar-refractivity contribution in [1.82, 2.24) is 10.2 Å². The zero-order valence-corrected chi connectivity index (χ0v) is 10.8. The molecule has 96 valence electrons. The average Bonchev–Trinajstić information content (AvgIpc) is 2.67. The lowest BCUT2D eigenvalue weighted by atomic mass is 9.95. The number of aromatic nitrogens is 2. The zero-order valence-electron chi connectivity index (χ0n) is 10.0. The van der Waals surface area contributed by atoms with Gasteiger partial charge in [0, 0.05) is 5.69 Å². The summed E-state index contributed by atoms with van der Waals surface area (Å²) < 4.78 is 26.3. The summed E-state index contributed by atoms with van der Waals surface area (Å²) in [6.07, 6.45) is 7.16. The first kappa shape index (κ1) is 12.6. The Kier molecular flexibility index (Phi) is 3.83. The molecule has 0 atom stereocenters. The normalized spacial score (nSPS) is 15.8. The van der Waals surface area contributed by atoms with Crippen LogP contribution in [0.4, 0.5) is 0 Å². The highest BCUT2D eigenvalue weighted by molar-refractivity contribution is 7.85. The molecule has 17 heavy (non-hydrogen) atoms. The Balaban J connectivity index is 1.85. The van der Waals surface area contributed by atoms with E-state index in [1.807, 2.05) is 0 Å². The monoisotopic (exact) mass is 258 g/mol. The molecule has 5 nitrogen and oxygen atoms in total. The molecule has 1 heterocycles. The summed E-state index contributed by atoms with van der Waals surface area (Å²) in [6.45, 7) is 0.237. The molecule has 0 amide bonds. The standard InChI is InChI=1S/C11H18N2O3S/c1-17(14,15)16-8-4-7-11-9-5-2-3-6-10(9)12-13-11/h2-8H2,1H3,(H,12,13). The molecule has 0 radical (unpaired) electrons. The lowest BCUT2D eigenvalue weighted by molar-refractivity contribution is 0.315. The Labute approximate surface area is 102 Å². The van der Waals surface area contributed by atoms with Gasteiger partial charge in [-0.1, -0.05) is 0 Å². The third-order valence-corrected chi connectivity index (χ3v) is 3.59. The highest BCUT2D eigenvalue weighted by Gasteiger charge is 2.16. The van der Waals surface area contributed by atoms with E-state index >= 15 is 0 Å². The number of nitrogens with one attached hydrogen (secondary N) is 1. The largest absolute Gasteiger partial charge is 0.282 e. The minimum atomic E-state index is -3.31. The Morgan fingerprint density at radius 2 is 2.12 bits per heavy atom. The smallest absolute Gasteiger partial charge is 0.264 e. The molecule has 1 N–H and O–H groups in total. The lowest BCUT2D eigenvalue weighted by Crippen LogP contribution is -2.06. The maximum atomic E-state index is 10.8. The van der Waals surface area contributed by atoms with Gasteiger partial charge in [0.05, 0.1) is 18.6 Å². The van der Waals surface area contributed by atoms with Crippen LogP contribution >= 0.6 is 0 Å². The van der Waals surface area contributed by atoms with Gasteiger partial charge in [-0.2, -0.15) is 13.5 Å². The fourth-order valence-electron chi connectivity index (χ4n) is 2.21. The predicted octanol–water partition coefficient (Wildman–Crippen LogP) is 1.20. The van der Waals surface area contributed by atoms with E-state index in [0.717, 1.165) is 31.2 Å². The molecule has 6 heteroatoms. The number of fused-ring (bicyclic) bond motifs is 1. The molecule has 1 aromatic rings. The van der Waals surface area contributed by atoms with Crippen LogP contribution in [0.3, 0.4) is 0 Å². The van der Waals surface area contributed by atoms with Gasteiger partial charge in [0.1, 0.15) is 0 Å². The summed E-state index contributed by atoms with van der Waals surface area (Å²) >= 11 is 0. The van der Waals surface area contributed by atoms with Crippen molar-refractivity contribution in [1.29, 1.82) is 0 Å². The maximum absolute atomic E-state index is 10.8. The van der Waals surface area contributed by atoms with Gasteiger partial charge in [-0.25, -0.2) is 0 Å². The number of aryl methyl sites for hydroxylation is 2. The fourth-order valence-corrected chi connectivity index (χ4v) is 2.63. The third-order valence-electron chi connectivity index (χ3n) is 3.00. The highest BCUT2D eigenvalue weighted by Crippen LogP contribution is 2.22. The number of hydrogen-bond donors (Lipinski definition) is 1. The number of nitrogens with zero attached hydrogens (tertiary/aromatic N) is 1. The Hall–Kier alpha value is -0.880. The van der Waals surface area contributed by atoms with E-state index in [4.69, 9.17) is 4.18 Å². The summed E-state index contributed by atoms with van der Waals surface area (Å²) in [7, 11) is -3.31. The van der Waals surface area contributed by atoms with Gasteiger partial charge in [0.15, 0.2) is 0 Å². The minimum absolute atomic E-state index is 0.237. The molecular weight excluding hydrogens is 240 g/mol. The number of aromatic amines is 1. The fraction of sp³-hybridized carbons (Fsp3) is 0.727. The van der Waals surface area contributed by atoms with E-state index in [9.17, 15) is 8.42 Å². The molecule has 0 saturated heterocycles. The van der Waals surface area contributed by atoms with Crippen molar-refractivity contribution >= 4 is 10.1 Å². The Morgan fingerprint density at radius 1 is 1.35 bits per heavy atom. The van der Waals surface area contributed by atoms with E-state index < -0.39 is 10.1 Å². The van der Waals surface area contributed by atoms with Crippen molar-refractivity contribution in [3.63, 3.8) is 0 Å². The molecule has 0 saturated carbocycles. The summed E-state index contributed by atoms with van der Waals surface area (Å²) in [5.74, 6) is 0.